The molecule has 1 saturated heterocycles. The predicted molar refractivity (Wildman–Crippen MR) is 124 cm³/mol. The Morgan fingerprint density at radius 2 is 1.85 bits per heavy atom. The van der Waals surface area contributed by atoms with Gasteiger partial charge in [0, 0.05) is 39.3 Å². The van der Waals surface area contributed by atoms with Crippen LogP contribution in [-0.4, -0.2) is 74.0 Å². The van der Waals surface area contributed by atoms with Gasteiger partial charge in [0.25, 0.3) is 0 Å². The zero-order chi connectivity index (χ0) is 18.9. The topological polar surface area (TPSA) is 60.0 Å². The minimum atomic E-state index is 0. The maximum Gasteiger partial charge on any atom is 0.243 e. The number of carbonyl (C=O) groups excluding carboxylic acids is 1. The fourth-order valence-electron chi connectivity index (χ4n) is 3.93. The molecule has 2 fully saturated rings. The van der Waals surface area contributed by atoms with E-state index in [1.54, 1.807) is 19.0 Å². The second-order valence-electron chi connectivity index (χ2n) is 8.50. The van der Waals surface area contributed by atoms with Crippen LogP contribution in [0.3, 0.4) is 0 Å². The van der Waals surface area contributed by atoms with Gasteiger partial charge in [-0.05, 0) is 38.1 Å². The van der Waals surface area contributed by atoms with Gasteiger partial charge >= 0.3 is 0 Å². The van der Waals surface area contributed by atoms with Crippen molar-refractivity contribution in [2.24, 2.45) is 10.9 Å². The number of hydrogen-bond acceptors (Lipinski definition) is 3. The van der Waals surface area contributed by atoms with Crippen LogP contribution in [0.15, 0.2) is 4.99 Å². The summed E-state index contributed by atoms with van der Waals surface area (Å²) in [6, 6.07) is 1.06. The normalized spacial score (nSPS) is 21.8. The van der Waals surface area contributed by atoms with E-state index in [2.05, 4.69) is 34.4 Å². The van der Waals surface area contributed by atoms with Gasteiger partial charge < -0.3 is 15.5 Å². The molecule has 2 rings (SSSR count). The highest BCUT2D eigenvalue weighted by Gasteiger charge is 2.25. The standard InChI is InChI=1S/C20H39N5O.HI/c1-16(2)15-25-12-8-11-18(25)13-21-20(22-14-19(26)24(3)4)23-17-9-6-5-7-10-17;/h16-18H,5-15H2,1-4H3,(H2,21,22,23);1H/t18-;/m1./s1. The molecule has 1 saturated carbocycles. The average molecular weight is 493 g/mol. The monoisotopic (exact) mass is 493 g/mol. The number of aliphatic imine (C=N–C) groups is 1. The number of carbonyl (C=O) groups is 1. The molecule has 0 radical (unpaired) electrons. The smallest absolute Gasteiger partial charge is 0.243 e. The van der Waals surface area contributed by atoms with Crippen molar-refractivity contribution in [3.63, 3.8) is 0 Å². The maximum absolute atomic E-state index is 11.9. The van der Waals surface area contributed by atoms with Crippen LogP contribution in [0.25, 0.3) is 0 Å². The molecule has 1 aliphatic heterocycles. The van der Waals surface area contributed by atoms with Crippen molar-refractivity contribution in [2.45, 2.75) is 70.9 Å². The molecule has 2 aliphatic rings. The lowest BCUT2D eigenvalue weighted by molar-refractivity contribution is -0.127. The Balaban J connectivity index is 0.00000364. The van der Waals surface area contributed by atoms with Gasteiger partial charge in [-0.2, -0.15) is 0 Å². The van der Waals surface area contributed by atoms with E-state index in [4.69, 9.17) is 0 Å². The lowest BCUT2D eigenvalue weighted by Crippen LogP contribution is -2.49. The van der Waals surface area contributed by atoms with Crippen LogP contribution in [-0.2, 0) is 4.79 Å². The molecule has 2 N–H and O–H groups in total. The Bertz CT molecular complexity index is 463. The fourth-order valence-corrected chi connectivity index (χ4v) is 3.93. The van der Waals surface area contributed by atoms with E-state index in [1.807, 2.05) is 0 Å². The first-order valence-electron chi connectivity index (χ1n) is 10.4. The van der Waals surface area contributed by atoms with Crippen molar-refractivity contribution in [3.8, 4) is 0 Å². The van der Waals surface area contributed by atoms with Crippen LogP contribution < -0.4 is 10.6 Å². The summed E-state index contributed by atoms with van der Waals surface area (Å²) in [5.74, 6) is 1.54. The number of nitrogens with one attached hydrogen (secondary N) is 2. The highest BCUT2D eigenvalue weighted by Crippen LogP contribution is 2.19. The third-order valence-corrected chi connectivity index (χ3v) is 5.42. The molecule has 158 valence electrons. The summed E-state index contributed by atoms with van der Waals surface area (Å²) in [5, 5.41) is 7.11. The molecule has 7 heteroatoms. The van der Waals surface area contributed by atoms with Crippen molar-refractivity contribution in [2.75, 3.05) is 40.3 Å². The third-order valence-electron chi connectivity index (χ3n) is 5.42. The minimum Gasteiger partial charge on any atom is -0.355 e. The van der Waals surface area contributed by atoms with Gasteiger partial charge in [-0.15, -0.1) is 24.0 Å². The molecule has 6 nitrogen and oxygen atoms in total. The molecule has 0 unspecified atom stereocenters. The van der Waals surface area contributed by atoms with Crippen LogP contribution in [0.2, 0.25) is 0 Å². The minimum absolute atomic E-state index is 0. The number of likely N-dealkylation sites (N-methyl/N-ethyl adjacent to an activating group) is 1. The third kappa shape index (κ3) is 8.98. The van der Waals surface area contributed by atoms with Crippen LogP contribution in [0, 0.1) is 5.92 Å². The molecule has 0 aromatic carbocycles. The highest BCUT2D eigenvalue weighted by molar-refractivity contribution is 14.0. The summed E-state index contributed by atoms with van der Waals surface area (Å²) >= 11 is 0. The molecule has 0 spiro atoms. The maximum atomic E-state index is 11.9. The predicted octanol–water partition coefficient (Wildman–Crippen LogP) is 2.68. The quantitative estimate of drug-likeness (QED) is 0.325. The lowest BCUT2D eigenvalue weighted by atomic mass is 9.96. The van der Waals surface area contributed by atoms with Gasteiger partial charge in [0.05, 0.1) is 0 Å². The van der Waals surface area contributed by atoms with Gasteiger partial charge in [0.15, 0.2) is 5.96 Å². The summed E-state index contributed by atoms with van der Waals surface area (Å²) in [6.07, 6.45) is 8.83. The van der Waals surface area contributed by atoms with Crippen LogP contribution in [0.4, 0.5) is 0 Å². The largest absolute Gasteiger partial charge is 0.355 e. The summed E-state index contributed by atoms with van der Waals surface area (Å²) in [7, 11) is 3.56. The molecule has 0 aromatic heterocycles. The highest BCUT2D eigenvalue weighted by atomic mass is 127. The molecule has 0 aromatic rings. The lowest BCUT2D eigenvalue weighted by Gasteiger charge is -2.29. The summed E-state index contributed by atoms with van der Waals surface area (Å²) in [4.78, 5) is 20.7. The van der Waals surface area contributed by atoms with E-state index in [0.29, 0.717) is 18.0 Å². The first kappa shape index (κ1) is 24.5. The number of hydrogen-bond donors (Lipinski definition) is 2. The second-order valence-corrected chi connectivity index (χ2v) is 8.50. The molecule has 1 amide bonds. The number of likely N-dealkylation sites (tertiary alicyclic amines) is 1. The number of halogens is 1. The molecular weight excluding hydrogens is 453 g/mol. The van der Waals surface area contributed by atoms with Crippen LogP contribution in [0.5, 0.6) is 0 Å². The summed E-state index contributed by atoms with van der Waals surface area (Å²) in [6.45, 7) is 8.04. The number of amides is 1. The van der Waals surface area contributed by atoms with Crippen molar-refractivity contribution in [1.82, 2.24) is 20.4 Å². The van der Waals surface area contributed by atoms with Gasteiger partial charge in [-0.25, -0.2) is 4.99 Å². The number of guanidine groups is 1. The van der Waals surface area contributed by atoms with Crippen molar-refractivity contribution in [3.05, 3.63) is 0 Å². The molecule has 1 atom stereocenters. The van der Waals surface area contributed by atoms with E-state index in [0.717, 1.165) is 19.0 Å². The van der Waals surface area contributed by atoms with E-state index < -0.39 is 0 Å². The van der Waals surface area contributed by atoms with Crippen LogP contribution >= 0.6 is 24.0 Å². The van der Waals surface area contributed by atoms with E-state index in [9.17, 15) is 4.79 Å². The number of nitrogens with zero attached hydrogens (tertiary/aromatic N) is 3. The Labute approximate surface area is 182 Å². The Hall–Kier alpha value is -0.570. The molecule has 1 heterocycles. The average Bonchev–Trinajstić information content (AvgIpc) is 3.04. The van der Waals surface area contributed by atoms with Crippen LogP contribution in [0.1, 0.15) is 58.8 Å². The van der Waals surface area contributed by atoms with Gasteiger partial charge in [0.1, 0.15) is 6.54 Å². The fraction of sp³-hybridized carbons (Fsp3) is 0.900. The SMILES string of the molecule is CC(C)CN1CCC[C@@H]1CNC(=NCC(=O)N(C)C)NC1CCCCC1.I. The zero-order valence-electron chi connectivity index (χ0n) is 17.7. The summed E-state index contributed by atoms with van der Waals surface area (Å²) < 4.78 is 0. The van der Waals surface area contributed by atoms with E-state index in [1.165, 1.54) is 51.5 Å². The van der Waals surface area contributed by atoms with Gasteiger partial charge in [-0.1, -0.05) is 33.1 Å². The van der Waals surface area contributed by atoms with E-state index in [-0.39, 0.29) is 36.4 Å². The first-order valence-corrected chi connectivity index (χ1v) is 10.4. The number of rotatable bonds is 7. The van der Waals surface area contributed by atoms with Crippen molar-refractivity contribution >= 4 is 35.8 Å². The second kappa shape index (κ2) is 12.8. The first-order chi connectivity index (χ1) is 12.5. The van der Waals surface area contributed by atoms with Gasteiger partial charge in [0.2, 0.25) is 5.91 Å². The Kier molecular flexibility index (Phi) is 11.6. The summed E-state index contributed by atoms with van der Waals surface area (Å²) in [5.41, 5.74) is 0. The molecule has 1 aliphatic carbocycles. The Morgan fingerprint density at radius 1 is 1.15 bits per heavy atom. The molecule has 27 heavy (non-hydrogen) atoms. The molecular formula is C20H40IN5O. The Morgan fingerprint density at radius 3 is 2.48 bits per heavy atom. The van der Waals surface area contributed by atoms with Crippen molar-refractivity contribution < 1.29 is 4.79 Å². The van der Waals surface area contributed by atoms with Crippen molar-refractivity contribution in [1.29, 1.82) is 0 Å². The van der Waals surface area contributed by atoms with E-state index >= 15 is 0 Å². The zero-order valence-corrected chi connectivity index (χ0v) is 20.0. The van der Waals surface area contributed by atoms with Gasteiger partial charge in [-0.3, -0.25) is 9.69 Å². The molecule has 0 bridgehead atoms.